The predicted molar refractivity (Wildman–Crippen MR) is 72.7 cm³/mol. The Balaban J connectivity index is 1.81. The van der Waals surface area contributed by atoms with Crippen LogP contribution in [0.2, 0.25) is 0 Å². The van der Waals surface area contributed by atoms with Crippen LogP contribution in [0.15, 0.2) is 0 Å². The third kappa shape index (κ3) is 3.84. The van der Waals surface area contributed by atoms with Crippen LogP contribution in [-0.2, 0) is 14.3 Å². The van der Waals surface area contributed by atoms with E-state index in [-0.39, 0.29) is 25.7 Å². The molecule has 2 heterocycles. The van der Waals surface area contributed by atoms with E-state index >= 15 is 0 Å². The SMILES string of the molecule is CN(CC(=O)N1CCCC1)C(=O)NC1COCC1C(=O)O. The third-order valence-electron chi connectivity index (χ3n) is 3.88. The van der Waals surface area contributed by atoms with Gasteiger partial charge in [0.25, 0.3) is 0 Å². The fourth-order valence-electron chi connectivity index (χ4n) is 2.55. The summed E-state index contributed by atoms with van der Waals surface area (Å²) in [5, 5.41) is 11.6. The highest BCUT2D eigenvalue weighted by atomic mass is 16.5. The van der Waals surface area contributed by atoms with Crippen LogP contribution < -0.4 is 5.32 Å². The largest absolute Gasteiger partial charge is 0.481 e. The van der Waals surface area contributed by atoms with Gasteiger partial charge >= 0.3 is 12.0 Å². The number of hydrogen-bond acceptors (Lipinski definition) is 4. The molecule has 8 nitrogen and oxygen atoms in total. The predicted octanol–water partition coefficient (Wildman–Crippen LogP) is -0.650. The van der Waals surface area contributed by atoms with Crippen LogP contribution in [0.5, 0.6) is 0 Å². The number of carboxylic acids is 1. The molecule has 0 aromatic rings. The molecule has 0 aliphatic carbocycles. The maximum Gasteiger partial charge on any atom is 0.317 e. The number of likely N-dealkylation sites (N-methyl/N-ethyl adjacent to an activating group) is 1. The van der Waals surface area contributed by atoms with Gasteiger partial charge in [0.2, 0.25) is 5.91 Å². The van der Waals surface area contributed by atoms with Crippen LogP contribution in [0.3, 0.4) is 0 Å². The van der Waals surface area contributed by atoms with E-state index in [1.165, 1.54) is 11.9 Å². The van der Waals surface area contributed by atoms with Gasteiger partial charge in [-0.3, -0.25) is 9.59 Å². The van der Waals surface area contributed by atoms with Crippen molar-refractivity contribution in [2.75, 3.05) is 39.9 Å². The first-order valence-electron chi connectivity index (χ1n) is 7.09. The minimum absolute atomic E-state index is 0.00283. The number of urea groups is 1. The van der Waals surface area contributed by atoms with Crippen LogP contribution >= 0.6 is 0 Å². The molecule has 0 aromatic carbocycles. The number of likely N-dealkylation sites (tertiary alicyclic amines) is 1. The number of aliphatic carboxylic acids is 1. The van der Waals surface area contributed by atoms with Gasteiger partial charge in [-0.1, -0.05) is 0 Å². The molecule has 2 rings (SSSR count). The Hall–Kier alpha value is -1.83. The van der Waals surface area contributed by atoms with E-state index in [0.29, 0.717) is 0 Å². The first-order chi connectivity index (χ1) is 9.99. The first kappa shape index (κ1) is 15.6. The lowest BCUT2D eigenvalue weighted by molar-refractivity contribution is -0.142. The summed E-state index contributed by atoms with van der Waals surface area (Å²) in [5.74, 6) is -1.81. The van der Waals surface area contributed by atoms with Crippen molar-refractivity contribution in [1.82, 2.24) is 15.1 Å². The summed E-state index contributed by atoms with van der Waals surface area (Å²) in [6, 6.07) is -1.01. The molecule has 0 spiro atoms. The second kappa shape index (κ2) is 6.75. The highest BCUT2D eigenvalue weighted by Gasteiger charge is 2.35. The average molecular weight is 299 g/mol. The van der Waals surface area contributed by atoms with Crippen LogP contribution in [0.4, 0.5) is 4.79 Å². The van der Waals surface area contributed by atoms with Gasteiger partial charge in [-0.25, -0.2) is 4.79 Å². The zero-order valence-electron chi connectivity index (χ0n) is 12.1. The van der Waals surface area contributed by atoms with Crippen molar-refractivity contribution in [2.24, 2.45) is 5.92 Å². The lowest BCUT2D eigenvalue weighted by Gasteiger charge is -2.24. The Kier molecular flexibility index (Phi) is 5.00. The van der Waals surface area contributed by atoms with Gasteiger partial charge in [0, 0.05) is 20.1 Å². The second-order valence-corrected chi connectivity index (χ2v) is 5.48. The van der Waals surface area contributed by atoms with Crippen molar-refractivity contribution >= 4 is 17.9 Å². The van der Waals surface area contributed by atoms with Gasteiger partial charge in [0.15, 0.2) is 0 Å². The number of nitrogens with zero attached hydrogens (tertiary/aromatic N) is 2. The Morgan fingerprint density at radius 3 is 2.57 bits per heavy atom. The van der Waals surface area contributed by atoms with E-state index in [9.17, 15) is 14.4 Å². The van der Waals surface area contributed by atoms with Gasteiger partial charge < -0.3 is 25.0 Å². The maximum atomic E-state index is 12.0. The molecule has 8 heteroatoms. The van der Waals surface area contributed by atoms with Crippen molar-refractivity contribution in [2.45, 2.75) is 18.9 Å². The molecule has 118 valence electrons. The Morgan fingerprint density at radius 1 is 1.29 bits per heavy atom. The van der Waals surface area contributed by atoms with E-state index < -0.39 is 24.0 Å². The number of ether oxygens (including phenoxy) is 1. The minimum atomic E-state index is -0.992. The fourth-order valence-corrected chi connectivity index (χ4v) is 2.55. The van der Waals surface area contributed by atoms with Gasteiger partial charge in [-0.2, -0.15) is 0 Å². The number of carbonyl (C=O) groups is 3. The zero-order valence-corrected chi connectivity index (χ0v) is 12.1. The molecule has 0 radical (unpaired) electrons. The standard InChI is InChI=1S/C13H21N3O5/c1-15(6-11(17)16-4-2-3-5-16)13(20)14-10-8-21-7-9(10)12(18)19/h9-10H,2-8H2,1H3,(H,14,20)(H,18,19). The van der Waals surface area contributed by atoms with Gasteiger partial charge in [0.1, 0.15) is 12.5 Å². The third-order valence-corrected chi connectivity index (χ3v) is 3.88. The molecule has 0 bridgehead atoms. The summed E-state index contributed by atoms with van der Waals surface area (Å²) in [7, 11) is 1.52. The van der Waals surface area contributed by atoms with Gasteiger partial charge in [-0.05, 0) is 12.8 Å². The number of amides is 3. The van der Waals surface area contributed by atoms with E-state index in [2.05, 4.69) is 5.32 Å². The summed E-state index contributed by atoms with van der Waals surface area (Å²) < 4.78 is 5.08. The van der Waals surface area contributed by atoms with Crippen molar-refractivity contribution in [3.05, 3.63) is 0 Å². The summed E-state index contributed by atoms with van der Waals surface area (Å²) in [6.07, 6.45) is 2.00. The molecule has 21 heavy (non-hydrogen) atoms. The monoisotopic (exact) mass is 299 g/mol. The summed E-state index contributed by atoms with van der Waals surface area (Å²) in [4.78, 5) is 38.0. The summed E-state index contributed by atoms with van der Waals surface area (Å²) in [5.41, 5.74) is 0. The topological polar surface area (TPSA) is 99.2 Å². The molecule has 2 aliphatic rings. The van der Waals surface area contributed by atoms with E-state index in [1.807, 2.05) is 0 Å². The zero-order chi connectivity index (χ0) is 15.4. The molecule has 2 unspecified atom stereocenters. The molecular weight excluding hydrogens is 278 g/mol. The number of carboxylic acid groups (broad SMARTS) is 1. The van der Waals surface area contributed by atoms with Crippen LogP contribution in [0, 0.1) is 5.92 Å². The number of carbonyl (C=O) groups excluding carboxylic acids is 2. The highest BCUT2D eigenvalue weighted by Crippen LogP contribution is 2.14. The fraction of sp³-hybridized carbons (Fsp3) is 0.769. The van der Waals surface area contributed by atoms with Crippen LogP contribution in [0.1, 0.15) is 12.8 Å². The van der Waals surface area contributed by atoms with E-state index in [4.69, 9.17) is 9.84 Å². The highest BCUT2D eigenvalue weighted by molar-refractivity contribution is 5.84. The molecule has 0 saturated carbocycles. The molecule has 3 amide bonds. The lowest BCUT2D eigenvalue weighted by Crippen LogP contribution is -2.50. The number of hydrogen-bond donors (Lipinski definition) is 2. The number of rotatable bonds is 4. The molecule has 2 atom stereocenters. The van der Waals surface area contributed by atoms with E-state index in [1.54, 1.807) is 4.90 Å². The van der Waals surface area contributed by atoms with Crippen molar-refractivity contribution in [3.8, 4) is 0 Å². The van der Waals surface area contributed by atoms with Gasteiger partial charge in [-0.15, -0.1) is 0 Å². The molecule has 2 fully saturated rings. The Bertz CT molecular complexity index is 422. The Labute approximate surface area is 123 Å². The summed E-state index contributed by atoms with van der Waals surface area (Å²) in [6.45, 7) is 1.75. The number of nitrogens with one attached hydrogen (secondary N) is 1. The summed E-state index contributed by atoms with van der Waals surface area (Å²) >= 11 is 0. The van der Waals surface area contributed by atoms with Crippen LogP contribution in [0.25, 0.3) is 0 Å². The molecule has 0 aromatic heterocycles. The maximum absolute atomic E-state index is 12.0. The van der Waals surface area contributed by atoms with Crippen LogP contribution in [-0.4, -0.2) is 78.8 Å². The molecular formula is C13H21N3O5. The van der Waals surface area contributed by atoms with Gasteiger partial charge in [0.05, 0.1) is 19.3 Å². The quantitative estimate of drug-likeness (QED) is 0.718. The van der Waals surface area contributed by atoms with Crippen molar-refractivity contribution in [3.63, 3.8) is 0 Å². The minimum Gasteiger partial charge on any atom is -0.481 e. The Morgan fingerprint density at radius 2 is 1.95 bits per heavy atom. The molecule has 2 aliphatic heterocycles. The molecule has 2 saturated heterocycles. The second-order valence-electron chi connectivity index (χ2n) is 5.48. The van der Waals surface area contributed by atoms with Crippen molar-refractivity contribution in [1.29, 1.82) is 0 Å². The first-order valence-corrected chi connectivity index (χ1v) is 7.09. The lowest BCUT2D eigenvalue weighted by atomic mass is 10.0. The smallest absolute Gasteiger partial charge is 0.317 e. The van der Waals surface area contributed by atoms with E-state index in [0.717, 1.165) is 25.9 Å². The normalized spacial score (nSPS) is 24.9. The average Bonchev–Trinajstić information content (AvgIpc) is 3.09. The molecule has 2 N–H and O–H groups in total. The van der Waals surface area contributed by atoms with Crippen molar-refractivity contribution < 1.29 is 24.2 Å².